The Hall–Kier alpha value is -2.92. The second-order valence-electron chi connectivity index (χ2n) is 6.35. The molecule has 0 fully saturated rings. The molecule has 0 aromatic heterocycles. The number of benzene rings is 2. The molecule has 2 aromatic rings. The summed E-state index contributed by atoms with van der Waals surface area (Å²) in [5.41, 5.74) is -2.16. The van der Waals surface area contributed by atoms with Crippen LogP contribution in [0.5, 0.6) is 17.2 Å². The highest BCUT2D eigenvalue weighted by Gasteiger charge is 2.33. The highest BCUT2D eigenvalue weighted by atomic mass is 35.5. The van der Waals surface area contributed by atoms with Crippen LogP contribution in [-0.2, 0) is 15.7 Å². The quantitative estimate of drug-likeness (QED) is 0.549. The monoisotopic (exact) mass is 427 g/mol. The number of carbonyl (C=O) groups excluding carboxylic acids is 1. The fraction of sp³-hybridized carbons (Fsp3) is 0.300. The number of alkyl halides is 3. The van der Waals surface area contributed by atoms with Gasteiger partial charge >= 0.3 is 12.1 Å². The molecule has 0 aliphatic carbocycles. The fourth-order valence-corrected chi connectivity index (χ4v) is 2.47. The van der Waals surface area contributed by atoms with Crippen LogP contribution in [0, 0.1) is 11.3 Å². The average molecular weight is 428 g/mol. The predicted octanol–water partition coefficient (Wildman–Crippen LogP) is 5.74. The number of nitrogens with zero attached hydrogens (tertiary/aromatic N) is 1. The van der Waals surface area contributed by atoms with Gasteiger partial charge in [0.25, 0.3) is 0 Å². The van der Waals surface area contributed by atoms with Crippen LogP contribution in [0.1, 0.15) is 31.9 Å². The number of nitriles is 1. The predicted molar refractivity (Wildman–Crippen MR) is 99.0 cm³/mol. The molecule has 0 amide bonds. The molecule has 2 aromatic carbocycles. The van der Waals surface area contributed by atoms with Crippen LogP contribution in [0.4, 0.5) is 13.2 Å². The van der Waals surface area contributed by atoms with Crippen molar-refractivity contribution in [2.45, 2.75) is 32.5 Å². The van der Waals surface area contributed by atoms with Crippen molar-refractivity contribution in [1.82, 2.24) is 0 Å². The first-order chi connectivity index (χ1) is 13.5. The number of hydrogen-bond donors (Lipinski definition) is 0. The topological polar surface area (TPSA) is 68.6 Å². The Bertz CT molecular complexity index is 952. The zero-order valence-corrected chi connectivity index (χ0v) is 16.5. The summed E-state index contributed by atoms with van der Waals surface area (Å²) in [5.74, 6) is -0.438. The van der Waals surface area contributed by atoms with Gasteiger partial charge in [0.15, 0.2) is 5.60 Å². The second kappa shape index (κ2) is 8.62. The molecule has 29 heavy (non-hydrogen) atoms. The lowest BCUT2D eigenvalue weighted by atomic mass is 10.1. The lowest BCUT2D eigenvalue weighted by Crippen LogP contribution is -2.39. The van der Waals surface area contributed by atoms with Crippen LogP contribution in [0.3, 0.4) is 0 Å². The van der Waals surface area contributed by atoms with Crippen molar-refractivity contribution in [2.24, 2.45) is 0 Å². The Labute approximate surface area is 170 Å². The van der Waals surface area contributed by atoms with Crippen LogP contribution in [0.2, 0.25) is 5.02 Å². The second-order valence-corrected chi connectivity index (χ2v) is 6.75. The van der Waals surface area contributed by atoms with Crippen molar-refractivity contribution in [3.8, 4) is 23.3 Å². The van der Waals surface area contributed by atoms with E-state index in [1.807, 2.05) is 6.07 Å². The van der Waals surface area contributed by atoms with Crippen LogP contribution < -0.4 is 9.47 Å². The minimum Gasteiger partial charge on any atom is -0.475 e. The fourth-order valence-electron chi connectivity index (χ4n) is 2.25. The largest absolute Gasteiger partial charge is 0.475 e. The smallest absolute Gasteiger partial charge is 0.416 e. The summed E-state index contributed by atoms with van der Waals surface area (Å²) in [4.78, 5) is 12.0. The Morgan fingerprint density at radius 3 is 2.38 bits per heavy atom. The van der Waals surface area contributed by atoms with Crippen molar-refractivity contribution in [2.75, 3.05) is 6.61 Å². The van der Waals surface area contributed by atoms with Gasteiger partial charge in [0.05, 0.1) is 22.8 Å². The molecule has 0 unspecified atom stereocenters. The Balaban J connectivity index is 2.31. The van der Waals surface area contributed by atoms with Crippen LogP contribution >= 0.6 is 11.6 Å². The molecule has 0 aliphatic rings. The standard InChI is InChI=1S/C20H17ClF3NO4/c1-4-27-18(26)19(2,3)29-17-10-14(7-5-12(17)11-25)28-16-8-6-13(9-15(16)21)20(22,23)24/h5-10H,4H2,1-3H3. The van der Waals surface area contributed by atoms with E-state index in [9.17, 15) is 23.2 Å². The Kier molecular flexibility index (Phi) is 6.65. The molecule has 0 N–H and O–H groups in total. The molecular weight excluding hydrogens is 411 g/mol. The van der Waals surface area contributed by atoms with E-state index in [4.69, 9.17) is 25.8 Å². The summed E-state index contributed by atoms with van der Waals surface area (Å²) >= 11 is 5.90. The number of ether oxygens (including phenoxy) is 3. The molecule has 0 saturated carbocycles. The molecule has 5 nitrogen and oxygen atoms in total. The number of carbonyl (C=O) groups is 1. The zero-order chi connectivity index (χ0) is 21.8. The molecule has 2 rings (SSSR count). The minimum absolute atomic E-state index is 0.0139. The van der Waals surface area contributed by atoms with E-state index in [0.717, 1.165) is 18.2 Å². The molecule has 0 atom stereocenters. The van der Waals surface area contributed by atoms with E-state index in [1.54, 1.807) is 6.92 Å². The van der Waals surface area contributed by atoms with Crippen molar-refractivity contribution < 1.29 is 32.2 Å². The summed E-state index contributed by atoms with van der Waals surface area (Å²) in [7, 11) is 0. The molecule has 0 radical (unpaired) electrons. The van der Waals surface area contributed by atoms with Gasteiger partial charge in [-0.3, -0.25) is 0 Å². The number of esters is 1. The highest BCUT2D eigenvalue weighted by Crippen LogP contribution is 2.37. The third kappa shape index (κ3) is 5.55. The maximum atomic E-state index is 12.8. The molecular formula is C20H17ClF3NO4. The van der Waals surface area contributed by atoms with Crippen LogP contribution in [-0.4, -0.2) is 18.2 Å². The molecule has 0 spiro atoms. The molecule has 0 aliphatic heterocycles. The molecule has 0 heterocycles. The first-order valence-electron chi connectivity index (χ1n) is 8.43. The third-order valence-electron chi connectivity index (χ3n) is 3.69. The van der Waals surface area contributed by atoms with Crippen molar-refractivity contribution in [3.05, 3.63) is 52.5 Å². The minimum atomic E-state index is -4.53. The Morgan fingerprint density at radius 1 is 1.14 bits per heavy atom. The summed E-state index contributed by atoms with van der Waals surface area (Å²) in [5, 5.41) is 9.04. The molecule has 0 bridgehead atoms. The number of rotatable bonds is 6. The molecule has 9 heteroatoms. The first kappa shape index (κ1) is 22.4. The normalized spacial score (nSPS) is 11.5. The summed E-state index contributed by atoms with van der Waals surface area (Å²) in [6.45, 7) is 4.77. The summed E-state index contributed by atoms with van der Waals surface area (Å²) < 4.78 is 54.4. The van der Waals surface area contributed by atoms with Gasteiger partial charge < -0.3 is 14.2 Å². The first-order valence-corrected chi connectivity index (χ1v) is 8.80. The highest BCUT2D eigenvalue weighted by molar-refractivity contribution is 6.32. The van der Waals surface area contributed by atoms with Gasteiger partial charge in [-0.1, -0.05) is 11.6 Å². The lowest BCUT2D eigenvalue weighted by Gasteiger charge is -2.24. The van der Waals surface area contributed by atoms with Gasteiger partial charge in [0, 0.05) is 6.07 Å². The van der Waals surface area contributed by atoms with E-state index in [2.05, 4.69) is 0 Å². The Morgan fingerprint density at radius 2 is 1.83 bits per heavy atom. The van der Waals surface area contributed by atoms with Crippen LogP contribution in [0.25, 0.3) is 0 Å². The number of hydrogen-bond acceptors (Lipinski definition) is 5. The van der Waals surface area contributed by atoms with Gasteiger partial charge in [-0.15, -0.1) is 0 Å². The number of halogens is 4. The maximum Gasteiger partial charge on any atom is 0.416 e. The van der Waals surface area contributed by atoms with Gasteiger partial charge in [-0.2, -0.15) is 18.4 Å². The molecule has 0 saturated heterocycles. The van der Waals surface area contributed by atoms with E-state index < -0.39 is 23.3 Å². The van der Waals surface area contributed by atoms with Crippen molar-refractivity contribution in [1.29, 1.82) is 5.26 Å². The van der Waals surface area contributed by atoms with Gasteiger partial charge in [-0.25, -0.2) is 4.79 Å². The van der Waals surface area contributed by atoms with Gasteiger partial charge in [-0.05, 0) is 51.1 Å². The van der Waals surface area contributed by atoms with E-state index in [1.165, 1.54) is 32.0 Å². The third-order valence-corrected chi connectivity index (χ3v) is 3.99. The van der Waals surface area contributed by atoms with E-state index in [0.29, 0.717) is 0 Å². The SMILES string of the molecule is CCOC(=O)C(C)(C)Oc1cc(Oc2ccc(C(F)(F)F)cc2Cl)ccc1C#N. The molecule has 154 valence electrons. The van der Waals surface area contributed by atoms with Crippen molar-refractivity contribution >= 4 is 17.6 Å². The van der Waals surface area contributed by atoms with Gasteiger partial charge in [0.2, 0.25) is 0 Å². The zero-order valence-electron chi connectivity index (χ0n) is 15.8. The van der Waals surface area contributed by atoms with E-state index in [-0.39, 0.29) is 34.4 Å². The van der Waals surface area contributed by atoms with E-state index >= 15 is 0 Å². The summed E-state index contributed by atoms with van der Waals surface area (Å²) in [6, 6.07) is 8.77. The van der Waals surface area contributed by atoms with Gasteiger partial charge in [0.1, 0.15) is 23.3 Å². The lowest BCUT2D eigenvalue weighted by molar-refractivity contribution is -0.158. The van der Waals surface area contributed by atoms with Crippen LogP contribution in [0.15, 0.2) is 36.4 Å². The maximum absolute atomic E-state index is 12.8. The van der Waals surface area contributed by atoms with Crippen molar-refractivity contribution in [3.63, 3.8) is 0 Å². The average Bonchev–Trinajstić information content (AvgIpc) is 2.62. The summed E-state index contributed by atoms with van der Waals surface area (Å²) in [6.07, 6.45) is -4.53.